The summed E-state index contributed by atoms with van der Waals surface area (Å²) in [7, 11) is 0. The average Bonchev–Trinajstić information content (AvgIpc) is 2.48. The number of hydrogen-bond donors (Lipinski definition) is 3. The second kappa shape index (κ2) is 5.81. The first kappa shape index (κ1) is 13.4. The zero-order valence-corrected chi connectivity index (χ0v) is 11.5. The van der Waals surface area contributed by atoms with E-state index in [9.17, 15) is 10.2 Å². The molecule has 0 heterocycles. The molecule has 20 heavy (non-hydrogen) atoms. The minimum Gasteiger partial charge on any atom is -0.508 e. The van der Waals surface area contributed by atoms with Gasteiger partial charge in [-0.25, -0.2) is 0 Å². The molecule has 3 nitrogen and oxygen atoms in total. The van der Waals surface area contributed by atoms with Crippen LogP contribution in [0.25, 0.3) is 10.8 Å². The second-order valence-electron chi connectivity index (χ2n) is 5.62. The monoisotopic (exact) mass is 271 g/mol. The lowest BCUT2D eigenvalue weighted by Gasteiger charge is -2.28. The lowest BCUT2D eigenvalue weighted by atomic mass is 9.92. The molecule has 1 fully saturated rings. The van der Waals surface area contributed by atoms with E-state index < -0.39 is 0 Å². The maximum atomic E-state index is 10.1. The molecule has 0 aliphatic heterocycles. The maximum Gasteiger partial charge on any atom is 0.120 e. The van der Waals surface area contributed by atoms with Crippen molar-refractivity contribution in [1.29, 1.82) is 0 Å². The minimum atomic E-state index is -0.263. The van der Waals surface area contributed by atoms with Crippen LogP contribution < -0.4 is 5.32 Å². The van der Waals surface area contributed by atoms with Gasteiger partial charge in [-0.05, 0) is 29.7 Å². The van der Waals surface area contributed by atoms with Crippen LogP contribution in [-0.2, 0) is 6.54 Å². The highest BCUT2D eigenvalue weighted by Gasteiger charge is 2.22. The van der Waals surface area contributed by atoms with Crippen molar-refractivity contribution in [3.8, 4) is 5.75 Å². The van der Waals surface area contributed by atoms with Crippen molar-refractivity contribution in [3.63, 3.8) is 0 Å². The van der Waals surface area contributed by atoms with Crippen molar-refractivity contribution in [2.24, 2.45) is 0 Å². The summed E-state index contributed by atoms with van der Waals surface area (Å²) in [5.41, 5.74) is 0.917. The molecule has 1 aliphatic rings. The summed E-state index contributed by atoms with van der Waals surface area (Å²) in [6.45, 7) is 0.592. The largest absolute Gasteiger partial charge is 0.508 e. The van der Waals surface area contributed by atoms with Crippen LogP contribution in [0.3, 0.4) is 0 Å². The summed E-state index contributed by atoms with van der Waals surface area (Å²) in [6.07, 6.45) is 3.89. The van der Waals surface area contributed by atoms with Crippen LogP contribution in [0, 0.1) is 0 Å². The summed E-state index contributed by atoms with van der Waals surface area (Å²) >= 11 is 0. The van der Waals surface area contributed by atoms with E-state index in [4.69, 9.17) is 0 Å². The molecule has 3 N–H and O–H groups in total. The third-order valence-corrected chi connectivity index (χ3v) is 4.29. The highest BCUT2D eigenvalue weighted by molar-refractivity contribution is 5.87. The van der Waals surface area contributed by atoms with Crippen molar-refractivity contribution in [3.05, 3.63) is 42.0 Å². The molecule has 0 bridgehead atoms. The number of phenolic OH excluding ortho intramolecular Hbond substituents is 1. The van der Waals surface area contributed by atoms with Crippen LogP contribution in [-0.4, -0.2) is 22.4 Å². The van der Waals surface area contributed by atoms with Crippen molar-refractivity contribution in [1.82, 2.24) is 5.32 Å². The molecular formula is C17H21NO2. The number of phenols is 1. The van der Waals surface area contributed by atoms with E-state index in [1.807, 2.05) is 30.3 Å². The topological polar surface area (TPSA) is 52.5 Å². The van der Waals surface area contributed by atoms with Gasteiger partial charge in [0.2, 0.25) is 0 Å². The SMILES string of the molecule is Oc1ccc2ccccc2c1CNC1CCCCC1O. The molecule has 0 aromatic heterocycles. The summed E-state index contributed by atoms with van der Waals surface area (Å²) in [6, 6.07) is 11.9. The lowest BCUT2D eigenvalue weighted by Crippen LogP contribution is -2.41. The van der Waals surface area contributed by atoms with Gasteiger partial charge in [-0.15, -0.1) is 0 Å². The van der Waals surface area contributed by atoms with Gasteiger partial charge in [0.1, 0.15) is 5.75 Å². The second-order valence-corrected chi connectivity index (χ2v) is 5.62. The minimum absolute atomic E-state index is 0.141. The molecule has 0 amide bonds. The zero-order valence-electron chi connectivity index (χ0n) is 11.5. The van der Waals surface area contributed by atoms with Gasteiger partial charge in [0.05, 0.1) is 6.10 Å². The van der Waals surface area contributed by atoms with Gasteiger partial charge in [0.15, 0.2) is 0 Å². The first-order valence-corrected chi connectivity index (χ1v) is 7.37. The van der Waals surface area contributed by atoms with Gasteiger partial charge in [-0.2, -0.15) is 0 Å². The standard InChI is InChI=1S/C17H21NO2/c19-16-10-9-12-5-1-2-6-13(12)14(16)11-18-15-7-3-4-8-17(15)20/h1-2,5-6,9-10,15,17-20H,3-4,7-8,11H2. The summed E-state index contributed by atoms with van der Waals surface area (Å²) < 4.78 is 0. The summed E-state index contributed by atoms with van der Waals surface area (Å²) in [4.78, 5) is 0. The number of rotatable bonds is 3. The molecule has 0 spiro atoms. The maximum absolute atomic E-state index is 10.1. The van der Waals surface area contributed by atoms with E-state index in [1.165, 1.54) is 0 Å². The molecule has 0 saturated heterocycles. The average molecular weight is 271 g/mol. The molecule has 0 radical (unpaired) electrons. The van der Waals surface area contributed by atoms with E-state index in [2.05, 4.69) is 5.32 Å². The van der Waals surface area contributed by atoms with E-state index in [-0.39, 0.29) is 12.1 Å². The molecule has 1 saturated carbocycles. The molecule has 3 heteroatoms. The van der Waals surface area contributed by atoms with Gasteiger partial charge < -0.3 is 15.5 Å². The van der Waals surface area contributed by atoms with Gasteiger partial charge in [-0.3, -0.25) is 0 Å². The Morgan fingerprint density at radius 3 is 2.70 bits per heavy atom. The van der Waals surface area contributed by atoms with E-state index in [1.54, 1.807) is 6.07 Å². The number of aliphatic hydroxyl groups is 1. The fourth-order valence-electron chi connectivity index (χ4n) is 3.09. The molecular weight excluding hydrogens is 250 g/mol. The Labute approximate surface area is 119 Å². The van der Waals surface area contributed by atoms with Gasteiger partial charge in [-0.1, -0.05) is 43.2 Å². The zero-order chi connectivity index (χ0) is 13.9. The summed E-state index contributed by atoms with van der Waals surface area (Å²) in [5.74, 6) is 0.321. The van der Waals surface area contributed by atoms with Crippen LogP contribution in [0.1, 0.15) is 31.2 Å². The Kier molecular flexibility index (Phi) is 3.90. The summed E-state index contributed by atoms with van der Waals surface area (Å²) in [5, 5.41) is 25.7. The van der Waals surface area contributed by atoms with E-state index >= 15 is 0 Å². The number of hydrogen-bond acceptors (Lipinski definition) is 3. The molecule has 3 rings (SSSR count). The molecule has 2 atom stereocenters. The highest BCUT2D eigenvalue weighted by Crippen LogP contribution is 2.27. The first-order valence-electron chi connectivity index (χ1n) is 7.37. The Balaban J connectivity index is 1.81. The van der Waals surface area contributed by atoms with Crippen molar-refractivity contribution in [2.75, 3.05) is 0 Å². The van der Waals surface area contributed by atoms with Crippen molar-refractivity contribution in [2.45, 2.75) is 44.4 Å². The van der Waals surface area contributed by atoms with Crippen LogP contribution in [0.5, 0.6) is 5.75 Å². The van der Waals surface area contributed by atoms with Crippen LogP contribution >= 0.6 is 0 Å². The number of aromatic hydroxyl groups is 1. The van der Waals surface area contributed by atoms with Crippen molar-refractivity contribution >= 4 is 10.8 Å². The fourth-order valence-corrected chi connectivity index (χ4v) is 3.09. The number of aliphatic hydroxyl groups excluding tert-OH is 1. The van der Waals surface area contributed by atoms with Gasteiger partial charge in [0.25, 0.3) is 0 Å². The smallest absolute Gasteiger partial charge is 0.120 e. The Hall–Kier alpha value is -1.58. The molecule has 1 aliphatic carbocycles. The quantitative estimate of drug-likeness (QED) is 0.804. The fraction of sp³-hybridized carbons (Fsp3) is 0.412. The van der Waals surface area contributed by atoms with Gasteiger partial charge >= 0.3 is 0 Å². The third kappa shape index (κ3) is 2.65. The number of fused-ring (bicyclic) bond motifs is 1. The Bertz CT molecular complexity index is 597. The number of nitrogens with one attached hydrogen (secondary N) is 1. The molecule has 2 aromatic carbocycles. The van der Waals surface area contributed by atoms with Crippen LogP contribution in [0.4, 0.5) is 0 Å². The highest BCUT2D eigenvalue weighted by atomic mass is 16.3. The molecule has 2 unspecified atom stereocenters. The van der Waals surface area contributed by atoms with Crippen LogP contribution in [0.15, 0.2) is 36.4 Å². The molecule has 106 valence electrons. The molecule has 2 aromatic rings. The lowest BCUT2D eigenvalue weighted by molar-refractivity contribution is 0.0902. The van der Waals surface area contributed by atoms with E-state index in [0.717, 1.165) is 42.0 Å². The Morgan fingerprint density at radius 2 is 1.85 bits per heavy atom. The first-order chi connectivity index (χ1) is 9.75. The van der Waals surface area contributed by atoms with E-state index in [0.29, 0.717) is 12.3 Å². The normalized spacial score (nSPS) is 23.1. The third-order valence-electron chi connectivity index (χ3n) is 4.29. The predicted octanol–water partition coefficient (Wildman–Crippen LogP) is 2.94. The Morgan fingerprint density at radius 1 is 1.05 bits per heavy atom. The van der Waals surface area contributed by atoms with Crippen molar-refractivity contribution < 1.29 is 10.2 Å². The van der Waals surface area contributed by atoms with Crippen LogP contribution in [0.2, 0.25) is 0 Å². The number of benzene rings is 2. The van der Waals surface area contributed by atoms with Gasteiger partial charge in [0, 0.05) is 18.2 Å². The predicted molar refractivity (Wildman–Crippen MR) is 80.7 cm³/mol.